The first-order valence-electron chi connectivity index (χ1n) is 7.47. The highest BCUT2D eigenvalue weighted by Gasteiger charge is 2.27. The van der Waals surface area contributed by atoms with Gasteiger partial charge in [-0.05, 0) is 24.1 Å². The molecule has 0 amide bonds. The summed E-state index contributed by atoms with van der Waals surface area (Å²) in [5.41, 5.74) is 2.49. The molecule has 24 heavy (non-hydrogen) atoms. The monoisotopic (exact) mass is 341 g/mol. The second kappa shape index (κ2) is 8.01. The maximum atomic E-state index is 12.2. The molecule has 0 aliphatic heterocycles. The molecule has 0 saturated heterocycles. The molecule has 0 aliphatic rings. The number of carboxylic acid groups (broad SMARTS) is 1. The van der Waals surface area contributed by atoms with Crippen molar-refractivity contribution in [3.05, 3.63) is 48.2 Å². The Morgan fingerprint density at radius 2 is 1.83 bits per heavy atom. The molecule has 0 unspecified atom stereocenters. The number of benzene rings is 1. The lowest BCUT2D eigenvalue weighted by Gasteiger charge is -2.14. The Morgan fingerprint density at radius 1 is 1.12 bits per heavy atom. The van der Waals surface area contributed by atoms with Crippen LogP contribution < -0.4 is 0 Å². The standard InChI is InChI=1S/C17H18F3NO3/c18-17(19,20)12-24-11-10-21-14(7-9-16(22)23)6-8-15(21)13-4-2-1-3-5-13/h1-6,8H,7,9-12H2,(H,22,23). The largest absolute Gasteiger partial charge is 0.481 e. The molecule has 0 bridgehead atoms. The Morgan fingerprint density at radius 3 is 2.46 bits per heavy atom. The maximum absolute atomic E-state index is 12.2. The summed E-state index contributed by atoms with van der Waals surface area (Å²) in [7, 11) is 0. The minimum absolute atomic E-state index is 0.0400. The Kier molecular flexibility index (Phi) is 6.03. The van der Waals surface area contributed by atoms with E-state index < -0.39 is 18.8 Å². The second-order valence-electron chi connectivity index (χ2n) is 5.29. The number of aryl methyl sites for hydroxylation is 1. The molecule has 1 aromatic heterocycles. The Labute approximate surface area is 137 Å². The van der Waals surface area contributed by atoms with E-state index in [9.17, 15) is 18.0 Å². The number of alkyl halides is 3. The third-order valence-corrected chi connectivity index (χ3v) is 3.46. The number of ether oxygens (including phenoxy) is 1. The van der Waals surface area contributed by atoms with Crippen LogP contribution in [0.15, 0.2) is 42.5 Å². The van der Waals surface area contributed by atoms with Gasteiger partial charge in [-0.3, -0.25) is 4.79 Å². The van der Waals surface area contributed by atoms with Crippen molar-refractivity contribution in [3.8, 4) is 11.3 Å². The van der Waals surface area contributed by atoms with E-state index in [0.29, 0.717) is 6.42 Å². The van der Waals surface area contributed by atoms with Crippen LogP contribution >= 0.6 is 0 Å². The van der Waals surface area contributed by atoms with E-state index in [1.165, 1.54) is 0 Å². The first-order chi connectivity index (χ1) is 11.4. The zero-order valence-electron chi connectivity index (χ0n) is 12.9. The molecule has 0 aliphatic carbocycles. The Hall–Kier alpha value is -2.28. The zero-order valence-corrected chi connectivity index (χ0v) is 12.9. The number of hydrogen-bond acceptors (Lipinski definition) is 2. The van der Waals surface area contributed by atoms with Crippen molar-refractivity contribution in [2.45, 2.75) is 25.6 Å². The molecular formula is C17H18F3NO3. The van der Waals surface area contributed by atoms with Crippen molar-refractivity contribution in [3.63, 3.8) is 0 Å². The average molecular weight is 341 g/mol. The number of aromatic nitrogens is 1. The van der Waals surface area contributed by atoms with Gasteiger partial charge in [0.15, 0.2) is 0 Å². The van der Waals surface area contributed by atoms with Gasteiger partial charge in [-0.15, -0.1) is 0 Å². The van der Waals surface area contributed by atoms with Gasteiger partial charge in [0.25, 0.3) is 0 Å². The zero-order chi connectivity index (χ0) is 17.6. The van der Waals surface area contributed by atoms with E-state index in [4.69, 9.17) is 5.11 Å². The molecule has 4 nitrogen and oxygen atoms in total. The molecule has 7 heteroatoms. The highest BCUT2D eigenvalue weighted by atomic mass is 19.4. The lowest BCUT2D eigenvalue weighted by molar-refractivity contribution is -0.174. The molecule has 0 atom stereocenters. The van der Waals surface area contributed by atoms with Crippen LogP contribution in [0, 0.1) is 0 Å². The number of hydrogen-bond donors (Lipinski definition) is 1. The molecule has 1 aromatic carbocycles. The van der Waals surface area contributed by atoms with Crippen molar-refractivity contribution in [1.29, 1.82) is 0 Å². The highest BCUT2D eigenvalue weighted by molar-refractivity contribution is 5.67. The van der Waals surface area contributed by atoms with Gasteiger partial charge in [-0.25, -0.2) is 0 Å². The molecule has 2 aromatic rings. The van der Waals surface area contributed by atoms with Crippen LogP contribution in [-0.4, -0.2) is 35.0 Å². The summed E-state index contributed by atoms with van der Waals surface area (Å²) in [6, 6.07) is 13.0. The van der Waals surface area contributed by atoms with Gasteiger partial charge < -0.3 is 14.4 Å². The number of carbonyl (C=O) groups is 1. The maximum Gasteiger partial charge on any atom is 0.411 e. The van der Waals surface area contributed by atoms with E-state index in [0.717, 1.165) is 17.0 Å². The Bertz CT molecular complexity index is 665. The summed E-state index contributed by atoms with van der Waals surface area (Å²) in [6.45, 7) is -1.17. The first-order valence-corrected chi connectivity index (χ1v) is 7.47. The van der Waals surface area contributed by atoms with Gasteiger partial charge in [-0.2, -0.15) is 13.2 Å². The SMILES string of the molecule is O=C(O)CCc1ccc(-c2ccccc2)n1CCOCC(F)(F)F. The quantitative estimate of drug-likeness (QED) is 0.744. The van der Waals surface area contributed by atoms with Crippen LogP contribution in [0.4, 0.5) is 13.2 Å². The number of aliphatic carboxylic acids is 1. The lowest BCUT2D eigenvalue weighted by atomic mass is 10.1. The van der Waals surface area contributed by atoms with Crippen molar-refractivity contribution >= 4 is 5.97 Å². The fourth-order valence-electron chi connectivity index (χ4n) is 2.43. The molecule has 0 spiro atoms. The number of nitrogens with zero attached hydrogens (tertiary/aromatic N) is 1. The normalized spacial score (nSPS) is 11.6. The molecule has 2 rings (SSSR count). The van der Waals surface area contributed by atoms with Gasteiger partial charge in [0.05, 0.1) is 13.0 Å². The smallest absolute Gasteiger partial charge is 0.411 e. The predicted octanol–water partition coefficient (Wildman–Crippen LogP) is 3.75. The van der Waals surface area contributed by atoms with Crippen molar-refractivity contribution in [2.24, 2.45) is 0 Å². The molecule has 130 valence electrons. The predicted molar refractivity (Wildman–Crippen MR) is 82.7 cm³/mol. The van der Waals surface area contributed by atoms with Crippen LogP contribution in [0.25, 0.3) is 11.3 Å². The van der Waals surface area contributed by atoms with Crippen molar-refractivity contribution in [2.75, 3.05) is 13.2 Å². The summed E-state index contributed by atoms with van der Waals surface area (Å²) < 4.78 is 43.0. The van der Waals surface area contributed by atoms with Crippen LogP contribution in [0.2, 0.25) is 0 Å². The van der Waals surface area contributed by atoms with Crippen molar-refractivity contribution in [1.82, 2.24) is 4.57 Å². The topological polar surface area (TPSA) is 51.5 Å². The summed E-state index contributed by atoms with van der Waals surface area (Å²) >= 11 is 0. The molecular weight excluding hydrogens is 323 g/mol. The summed E-state index contributed by atoms with van der Waals surface area (Å²) in [4.78, 5) is 10.8. The first kappa shape index (κ1) is 18.1. The van der Waals surface area contributed by atoms with E-state index in [2.05, 4.69) is 4.74 Å². The van der Waals surface area contributed by atoms with Crippen molar-refractivity contribution < 1.29 is 27.8 Å². The van der Waals surface area contributed by atoms with Crippen LogP contribution in [0.5, 0.6) is 0 Å². The van der Waals surface area contributed by atoms with Gasteiger partial charge >= 0.3 is 12.1 Å². The molecule has 0 radical (unpaired) electrons. The summed E-state index contributed by atoms with van der Waals surface area (Å²) in [6.07, 6.45) is -4.09. The van der Waals surface area contributed by atoms with Gasteiger partial charge in [0.1, 0.15) is 6.61 Å². The van der Waals surface area contributed by atoms with Gasteiger partial charge in [-0.1, -0.05) is 30.3 Å². The van der Waals surface area contributed by atoms with Gasteiger partial charge in [0, 0.05) is 17.9 Å². The second-order valence-corrected chi connectivity index (χ2v) is 5.29. The van der Waals surface area contributed by atoms with E-state index in [-0.39, 0.29) is 19.6 Å². The molecule has 0 fully saturated rings. The van der Waals surface area contributed by atoms with E-state index in [1.807, 2.05) is 41.0 Å². The van der Waals surface area contributed by atoms with E-state index in [1.54, 1.807) is 6.07 Å². The van der Waals surface area contributed by atoms with Crippen LogP contribution in [0.1, 0.15) is 12.1 Å². The number of rotatable bonds is 8. The molecule has 1 heterocycles. The summed E-state index contributed by atoms with van der Waals surface area (Å²) in [5, 5.41) is 8.83. The Balaban J connectivity index is 2.14. The highest BCUT2D eigenvalue weighted by Crippen LogP contribution is 2.23. The number of carboxylic acids is 1. The fraction of sp³-hybridized carbons (Fsp3) is 0.353. The summed E-state index contributed by atoms with van der Waals surface area (Å²) in [5.74, 6) is -0.919. The molecule has 0 saturated carbocycles. The van der Waals surface area contributed by atoms with Crippen LogP contribution in [-0.2, 0) is 22.5 Å². The third-order valence-electron chi connectivity index (χ3n) is 3.46. The minimum Gasteiger partial charge on any atom is -0.481 e. The lowest BCUT2D eigenvalue weighted by Crippen LogP contribution is -2.19. The minimum atomic E-state index is -4.36. The number of halogens is 3. The third kappa shape index (κ3) is 5.42. The van der Waals surface area contributed by atoms with E-state index >= 15 is 0 Å². The van der Waals surface area contributed by atoms with Gasteiger partial charge in [0.2, 0.25) is 0 Å². The fourth-order valence-corrected chi connectivity index (χ4v) is 2.43. The average Bonchev–Trinajstić information content (AvgIpc) is 2.92. The molecule has 1 N–H and O–H groups in total. The van der Waals surface area contributed by atoms with Crippen LogP contribution in [0.3, 0.4) is 0 Å².